The largest absolute Gasteiger partial charge is 0.477 e. The van der Waals surface area contributed by atoms with Crippen LogP contribution < -0.4 is 0 Å². The standard InChI is InChI=1S/C7H4N2O6S2/c10-7(11)2-1-3(16)6(17)5(9(14)15)4(2)8(12)13/h1,16-17H,(H,10,11). The van der Waals surface area contributed by atoms with Crippen LogP contribution in [0.1, 0.15) is 10.4 Å². The molecule has 0 amide bonds. The molecular formula is C7H4N2O6S2. The number of carbonyl (C=O) groups is 1. The molecule has 0 aromatic heterocycles. The lowest BCUT2D eigenvalue weighted by molar-refractivity contribution is -0.424. The Hall–Kier alpha value is -1.81. The molecule has 17 heavy (non-hydrogen) atoms. The first-order valence-corrected chi connectivity index (χ1v) is 4.77. The van der Waals surface area contributed by atoms with Gasteiger partial charge in [-0.25, -0.2) is 4.79 Å². The van der Waals surface area contributed by atoms with Gasteiger partial charge in [-0.2, -0.15) is 0 Å². The fourth-order valence-electron chi connectivity index (χ4n) is 1.16. The zero-order valence-electron chi connectivity index (χ0n) is 7.85. The second-order valence-corrected chi connectivity index (χ2v) is 3.74. The van der Waals surface area contributed by atoms with Crippen LogP contribution in [0.2, 0.25) is 0 Å². The smallest absolute Gasteiger partial charge is 0.361 e. The van der Waals surface area contributed by atoms with Crippen molar-refractivity contribution in [2.45, 2.75) is 9.79 Å². The number of thiol groups is 2. The van der Waals surface area contributed by atoms with E-state index in [9.17, 15) is 25.0 Å². The lowest BCUT2D eigenvalue weighted by Crippen LogP contribution is -2.07. The summed E-state index contributed by atoms with van der Waals surface area (Å²) in [5, 5.41) is 30.1. The van der Waals surface area contributed by atoms with E-state index in [0.717, 1.165) is 6.07 Å². The molecule has 1 aromatic carbocycles. The van der Waals surface area contributed by atoms with Crippen molar-refractivity contribution in [2.24, 2.45) is 0 Å². The zero-order valence-corrected chi connectivity index (χ0v) is 9.64. The Balaban J connectivity index is 3.83. The molecule has 0 spiro atoms. The van der Waals surface area contributed by atoms with Crippen LogP contribution in [0.4, 0.5) is 11.4 Å². The van der Waals surface area contributed by atoms with E-state index in [1.54, 1.807) is 0 Å². The molecule has 90 valence electrons. The molecule has 1 N–H and O–H groups in total. The molecule has 0 fully saturated rings. The molecule has 0 aliphatic carbocycles. The summed E-state index contributed by atoms with van der Waals surface area (Å²) >= 11 is 7.49. The van der Waals surface area contributed by atoms with E-state index in [1.807, 2.05) is 0 Å². The number of carboxylic acid groups (broad SMARTS) is 1. The van der Waals surface area contributed by atoms with Crippen molar-refractivity contribution in [1.82, 2.24) is 0 Å². The van der Waals surface area contributed by atoms with Gasteiger partial charge in [0.25, 0.3) is 0 Å². The Bertz CT molecular complexity index is 544. The van der Waals surface area contributed by atoms with Crippen molar-refractivity contribution in [3.8, 4) is 0 Å². The molecule has 0 bridgehead atoms. The van der Waals surface area contributed by atoms with Crippen LogP contribution in [0.5, 0.6) is 0 Å². The van der Waals surface area contributed by atoms with E-state index >= 15 is 0 Å². The van der Waals surface area contributed by atoms with Crippen LogP contribution in [0.3, 0.4) is 0 Å². The maximum Gasteiger partial charge on any atom is 0.361 e. The second kappa shape index (κ2) is 4.59. The summed E-state index contributed by atoms with van der Waals surface area (Å²) in [6, 6.07) is 0.846. The minimum Gasteiger partial charge on any atom is -0.477 e. The van der Waals surface area contributed by atoms with Crippen molar-refractivity contribution >= 4 is 42.6 Å². The second-order valence-electron chi connectivity index (χ2n) is 2.81. The van der Waals surface area contributed by atoms with Gasteiger partial charge in [0.05, 0.1) is 9.85 Å². The van der Waals surface area contributed by atoms with Gasteiger partial charge in [-0.3, -0.25) is 20.2 Å². The van der Waals surface area contributed by atoms with Gasteiger partial charge in [-0.05, 0) is 6.07 Å². The van der Waals surface area contributed by atoms with Gasteiger partial charge >= 0.3 is 17.3 Å². The summed E-state index contributed by atoms with van der Waals surface area (Å²) in [6.07, 6.45) is 0. The lowest BCUT2D eigenvalue weighted by atomic mass is 10.1. The first kappa shape index (κ1) is 13.3. The Morgan fingerprint density at radius 2 is 1.65 bits per heavy atom. The number of hydrogen-bond donors (Lipinski definition) is 3. The number of benzene rings is 1. The molecule has 0 saturated carbocycles. The lowest BCUT2D eigenvalue weighted by Gasteiger charge is -2.04. The monoisotopic (exact) mass is 276 g/mol. The molecular weight excluding hydrogens is 272 g/mol. The van der Waals surface area contributed by atoms with Gasteiger partial charge in [0.1, 0.15) is 10.5 Å². The minimum absolute atomic E-state index is 0.122. The number of rotatable bonds is 3. The third kappa shape index (κ3) is 2.31. The quantitative estimate of drug-likeness (QED) is 0.439. The topological polar surface area (TPSA) is 124 Å². The average molecular weight is 276 g/mol. The van der Waals surface area contributed by atoms with Gasteiger partial charge < -0.3 is 5.11 Å². The fourth-order valence-corrected chi connectivity index (χ4v) is 1.64. The Morgan fingerprint density at radius 1 is 1.18 bits per heavy atom. The highest BCUT2D eigenvalue weighted by atomic mass is 32.1. The van der Waals surface area contributed by atoms with Crippen molar-refractivity contribution in [3.63, 3.8) is 0 Å². The number of nitro groups is 2. The van der Waals surface area contributed by atoms with Gasteiger partial charge in [0.2, 0.25) is 0 Å². The molecule has 0 aliphatic heterocycles. The van der Waals surface area contributed by atoms with Gasteiger partial charge in [0.15, 0.2) is 0 Å². The van der Waals surface area contributed by atoms with E-state index in [2.05, 4.69) is 25.3 Å². The molecule has 8 nitrogen and oxygen atoms in total. The van der Waals surface area contributed by atoms with E-state index in [4.69, 9.17) is 5.11 Å². The van der Waals surface area contributed by atoms with Crippen molar-refractivity contribution in [3.05, 3.63) is 31.9 Å². The molecule has 0 aliphatic rings. The Kier molecular flexibility index (Phi) is 3.58. The normalized spacial score (nSPS) is 10.0. The number of nitro benzene ring substituents is 2. The van der Waals surface area contributed by atoms with Crippen LogP contribution >= 0.6 is 25.3 Å². The SMILES string of the molecule is O=C(O)c1cc(S)c(S)c([N+](=O)[O-])c1[N+](=O)[O-]. The predicted octanol–water partition coefficient (Wildman–Crippen LogP) is 1.78. The average Bonchev–Trinajstić information content (AvgIpc) is 2.19. The summed E-state index contributed by atoms with van der Waals surface area (Å²) in [5.74, 6) is -1.65. The highest BCUT2D eigenvalue weighted by Gasteiger charge is 2.35. The van der Waals surface area contributed by atoms with E-state index in [1.165, 1.54) is 0 Å². The molecule has 0 unspecified atom stereocenters. The molecule has 0 radical (unpaired) electrons. The maximum absolute atomic E-state index is 10.8. The molecule has 10 heteroatoms. The predicted molar refractivity (Wildman–Crippen MR) is 61.2 cm³/mol. The molecule has 0 heterocycles. The maximum atomic E-state index is 10.8. The molecule has 0 atom stereocenters. The zero-order chi connectivity index (χ0) is 13.3. The van der Waals surface area contributed by atoms with E-state index in [-0.39, 0.29) is 9.79 Å². The van der Waals surface area contributed by atoms with Crippen molar-refractivity contribution in [1.29, 1.82) is 0 Å². The van der Waals surface area contributed by atoms with Gasteiger partial charge in [-0.1, -0.05) is 0 Å². The summed E-state index contributed by atoms with van der Waals surface area (Å²) in [7, 11) is 0. The number of aromatic carboxylic acids is 1. The summed E-state index contributed by atoms with van der Waals surface area (Å²) in [4.78, 5) is 29.5. The van der Waals surface area contributed by atoms with Gasteiger partial charge in [0, 0.05) is 4.90 Å². The fraction of sp³-hybridized carbons (Fsp3) is 0. The van der Waals surface area contributed by atoms with Crippen LogP contribution in [-0.4, -0.2) is 20.9 Å². The third-order valence-electron chi connectivity index (χ3n) is 1.82. The molecule has 1 aromatic rings. The highest BCUT2D eigenvalue weighted by molar-refractivity contribution is 7.83. The van der Waals surface area contributed by atoms with Crippen LogP contribution in [-0.2, 0) is 0 Å². The van der Waals surface area contributed by atoms with E-state index in [0.29, 0.717) is 0 Å². The van der Waals surface area contributed by atoms with Crippen molar-refractivity contribution < 1.29 is 19.7 Å². The van der Waals surface area contributed by atoms with Crippen LogP contribution in [0.25, 0.3) is 0 Å². The number of carboxylic acids is 1. The summed E-state index contributed by atoms with van der Waals surface area (Å²) in [5.41, 5.74) is -2.89. The van der Waals surface area contributed by atoms with E-state index < -0.39 is 32.8 Å². The summed E-state index contributed by atoms with van der Waals surface area (Å²) < 4.78 is 0. The first-order valence-electron chi connectivity index (χ1n) is 3.88. The minimum atomic E-state index is -1.65. The van der Waals surface area contributed by atoms with Crippen LogP contribution in [0.15, 0.2) is 15.9 Å². The van der Waals surface area contributed by atoms with Crippen LogP contribution in [0, 0.1) is 20.2 Å². The van der Waals surface area contributed by atoms with Crippen molar-refractivity contribution in [2.75, 3.05) is 0 Å². The summed E-state index contributed by atoms with van der Waals surface area (Å²) in [6.45, 7) is 0. The highest BCUT2D eigenvalue weighted by Crippen LogP contribution is 2.40. The third-order valence-corrected chi connectivity index (χ3v) is 2.80. The first-order chi connectivity index (χ1) is 7.77. The van der Waals surface area contributed by atoms with Gasteiger partial charge in [-0.15, -0.1) is 25.3 Å². The number of hydrogen-bond acceptors (Lipinski definition) is 7. The molecule has 0 saturated heterocycles. The Morgan fingerprint density at radius 3 is 2.00 bits per heavy atom. The molecule has 1 rings (SSSR count). The number of nitrogens with zero attached hydrogens (tertiary/aromatic N) is 2. The Labute approximate surface area is 104 Å².